The predicted octanol–water partition coefficient (Wildman–Crippen LogP) is 0.410. The molecule has 0 bridgehead atoms. The van der Waals surface area contributed by atoms with Gasteiger partial charge in [0.2, 0.25) is 0 Å². The minimum Gasteiger partial charge on any atom is -0.544 e. The van der Waals surface area contributed by atoms with Crippen LogP contribution in [0, 0.1) is 0 Å². The van der Waals surface area contributed by atoms with Gasteiger partial charge in [0.05, 0.1) is 33.7 Å². The fraction of sp³-hybridized carbons (Fsp3) is 0.750. The first-order valence-corrected chi connectivity index (χ1v) is 7.37. The number of hydrogen-bond donors (Lipinski definition) is 1. The molecule has 0 rings (SSSR count). The van der Waals surface area contributed by atoms with E-state index in [9.17, 15) is 14.7 Å². The lowest BCUT2D eigenvalue weighted by Crippen LogP contribution is -2.45. The van der Waals surface area contributed by atoms with Crippen LogP contribution in [0.3, 0.4) is 0 Å². The van der Waals surface area contributed by atoms with Crippen LogP contribution in [-0.4, -0.2) is 81.0 Å². The van der Waals surface area contributed by atoms with Crippen LogP contribution >= 0.6 is 0 Å². The summed E-state index contributed by atoms with van der Waals surface area (Å²) in [5, 5.41) is 17.6. The number of carboxylic acids is 2. The van der Waals surface area contributed by atoms with Crippen LogP contribution in [-0.2, 0) is 14.3 Å². The van der Waals surface area contributed by atoms with E-state index in [0.717, 1.165) is 5.57 Å². The highest BCUT2D eigenvalue weighted by molar-refractivity contribution is 5.66. The lowest BCUT2D eigenvalue weighted by atomic mass is 10.4. The second-order valence-corrected chi connectivity index (χ2v) is 6.40. The molecule has 0 aromatic carbocycles. The van der Waals surface area contributed by atoms with Crippen molar-refractivity contribution in [3.63, 3.8) is 0 Å². The number of nitrogens with zero attached hydrogens (tertiary/aromatic N) is 2. The van der Waals surface area contributed by atoms with Gasteiger partial charge >= 0.3 is 5.97 Å². The third-order valence-corrected chi connectivity index (χ3v) is 2.20. The van der Waals surface area contributed by atoms with Gasteiger partial charge in [-0.3, -0.25) is 9.69 Å². The molecule has 0 fully saturated rings. The van der Waals surface area contributed by atoms with E-state index < -0.39 is 11.9 Å². The predicted molar refractivity (Wildman–Crippen MR) is 89.7 cm³/mol. The molecule has 0 aromatic rings. The summed E-state index contributed by atoms with van der Waals surface area (Å²) in [6.07, 6.45) is 0.400. The molecular weight excluding hydrogens is 300 g/mol. The van der Waals surface area contributed by atoms with Crippen molar-refractivity contribution < 1.29 is 29.0 Å². The smallest absolute Gasteiger partial charge is 0.303 e. The van der Waals surface area contributed by atoms with E-state index in [-0.39, 0.29) is 19.2 Å². The maximum atomic E-state index is 9.89. The topological polar surface area (TPSA) is 89.9 Å². The maximum absolute atomic E-state index is 9.89. The van der Waals surface area contributed by atoms with Crippen molar-refractivity contribution in [3.05, 3.63) is 12.2 Å². The summed E-state index contributed by atoms with van der Waals surface area (Å²) in [7, 11) is 9.38. The zero-order chi connectivity index (χ0) is 19.2. The van der Waals surface area contributed by atoms with Crippen molar-refractivity contribution >= 4 is 11.9 Å². The molecule has 0 aliphatic carbocycles. The second kappa shape index (κ2) is 14.2. The summed E-state index contributed by atoms with van der Waals surface area (Å²) < 4.78 is 5.81. The van der Waals surface area contributed by atoms with Gasteiger partial charge in [-0.25, -0.2) is 0 Å². The van der Waals surface area contributed by atoms with Gasteiger partial charge in [0.25, 0.3) is 0 Å². The number of rotatable bonds is 7. The second-order valence-electron chi connectivity index (χ2n) is 6.40. The highest BCUT2D eigenvalue weighted by atomic mass is 16.5. The molecular formula is C16H34N2O5. The lowest BCUT2D eigenvalue weighted by Gasteiger charge is -2.23. The Morgan fingerprint density at radius 3 is 1.83 bits per heavy atom. The Bertz CT molecular complexity index is 349. The third kappa shape index (κ3) is 33.4. The van der Waals surface area contributed by atoms with Gasteiger partial charge in [-0.2, -0.15) is 0 Å². The van der Waals surface area contributed by atoms with E-state index in [1.54, 1.807) is 28.1 Å². The largest absolute Gasteiger partial charge is 0.544 e. The molecule has 0 spiro atoms. The van der Waals surface area contributed by atoms with Crippen LogP contribution in [0.15, 0.2) is 12.2 Å². The number of hydrogen-bond acceptors (Lipinski definition) is 5. The van der Waals surface area contributed by atoms with Crippen LogP contribution < -0.4 is 5.11 Å². The molecule has 0 aromatic heterocycles. The first kappa shape index (κ1) is 26.5. The highest BCUT2D eigenvalue weighted by Crippen LogP contribution is 1.96. The fourth-order valence-electron chi connectivity index (χ4n) is 0.799. The monoisotopic (exact) mass is 334 g/mol. The molecule has 1 N–H and O–H groups in total. The molecule has 1 atom stereocenters. The molecule has 23 heavy (non-hydrogen) atoms. The summed E-state index contributed by atoms with van der Waals surface area (Å²) in [4.78, 5) is 21.3. The normalized spacial score (nSPS) is 11.5. The van der Waals surface area contributed by atoms with Crippen molar-refractivity contribution in [3.8, 4) is 0 Å². The lowest BCUT2D eigenvalue weighted by molar-refractivity contribution is -0.864. The highest BCUT2D eigenvalue weighted by Gasteiger charge is 2.04. The van der Waals surface area contributed by atoms with Crippen molar-refractivity contribution in [2.75, 3.05) is 48.4 Å². The van der Waals surface area contributed by atoms with E-state index in [4.69, 9.17) is 9.84 Å². The molecule has 7 heteroatoms. The minimum absolute atomic E-state index is 0.0694. The Kier molecular flexibility index (Phi) is 16.3. The van der Waals surface area contributed by atoms with Gasteiger partial charge in [-0.05, 0) is 27.9 Å². The Labute approximate surface area is 140 Å². The number of aliphatic carboxylic acids is 2. The van der Waals surface area contributed by atoms with Gasteiger partial charge in [0.1, 0.15) is 12.8 Å². The number of carboxylic acid groups (broad SMARTS) is 2. The first-order valence-electron chi connectivity index (χ1n) is 7.37. The quantitative estimate of drug-likeness (QED) is 0.412. The fourth-order valence-corrected chi connectivity index (χ4v) is 0.799. The van der Waals surface area contributed by atoms with Crippen molar-refractivity contribution in [2.24, 2.45) is 0 Å². The molecule has 138 valence electrons. The van der Waals surface area contributed by atoms with Crippen LogP contribution in [0.5, 0.6) is 0 Å². The summed E-state index contributed by atoms with van der Waals surface area (Å²) in [6.45, 7) is 10.0. The minimum atomic E-state index is -1.00. The van der Waals surface area contributed by atoms with Crippen molar-refractivity contribution in [1.29, 1.82) is 0 Å². The molecule has 0 saturated heterocycles. The number of carbonyl (C=O) groups excluding carboxylic acids is 1. The summed E-state index contributed by atoms with van der Waals surface area (Å²) in [5.41, 5.74) is 1.06. The van der Waals surface area contributed by atoms with Crippen LogP contribution in [0.2, 0.25) is 0 Å². The molecule has 0 saturated carbocycles. The summed E-state index contributed by atoms with van der Waals surface area (Å²) >= 11 is 0. The molecule has 0 amide bonds. The maximum Gasteiger partial charge on any atom is 0.303 e. The van der Waals surface area contributed by atoms with Crippen molar-refractivity contribution in [2.45, 2.75) is 33.4 Å². The number of likely N-dealkylation sites (N-methyl/N-ethyl adjacent to an activating group) is 1. The van der Waals surface area contributed by atoms with E-state index in [1.165, 1.54) is 0 Å². The zero-order valence-corrected chi connectivity index (χ0v) is 15.9. The zero-order valence-electron chi connectivity index (χ0n) is 15.9. The molecule has 0 radical (unpaired) electrons. The van der Waals surface area contributed by atoms with Gasteiger partial charge in [0, 0.05) is 6.42 Å². The van der Waals surface area contributed by atoms with Gasteiger partial charge in [0.15, 0.2) is 0 Å². The third-order valence-electron chi connectivity index (χ3n) is 2.20. The SMILES string of the molecule is C=C(C)COC(C)N(C)C.CCC(=O)O.C[N+](C)(C)CC(=O)[O-]. The average Bonchev–Trinajstić information content (AvgIpc) is 2.33. The van der Waals surface area contributed by atoms with E-state index >= 15 is 0 Å². The Balaban J connectivity index is -0.000000276. The van der Waals surface area contributed by atoms with E-state index in [2.05, 4.69) is 6.58 Å². The van der Waals surface area contributed by atoms with Gasteiger partial charge in [-0.1, -0.05) is 19.1 Å². The summed E-state index contributed by atoms with van der Waals surface area (Å²) in [5.74, 6) is -1.75. The van der Waals surface area contributed by atoms with Gasteiger partial charge < -0.3 is 24.2 Å². The number of carbonyl (C=O) groups is 2. The number of quaternary nitrogens is 1. The molecule has 7 nitrogen and oxygen atoms in total. The molecule has 0 aliphatic rings. The van der Waals surface area contributed by atoms with E-state index in [1.807, 2.05) is 32.8 Å². The Morgan fingerprint density at radius 1 is 1.30 bits per heavy atom. The summed E-state index contributed by atoms with van der Waals surface area (Å²) in [6, 6.07) is 0. The van der Waals surface area contributed by atoms with Crippen LogP contribution in [0.4, 0.5) is 0 Å². The Hall–Kier alpha value is -1.44. The first-order chi connectivity index (χ1) is 10.2. The Morgan fingerprint density at radius 2 is 1.70 bits per heavy atom. The molecule has 0 aliphatic heterocycles. The average molecular weight is 334 g/mol. The van der Waals surface area contributed by atoms with Crippen LogP contribution in [0.25, 0.3) is 0 Å². The van der Waals surface area contributed by atoms with Crippen molar-refractivity contribution in [1.82, 2.24) is 4.90 Å². The van der Waals surface area contributed by atoms with E-state index in [0.29, 0.717) is 11.1 Å². The molecule has 1 unspecified atom stereocenters. The number of ether oxygens (including phenoxy) is 1. The van der Waals surface area contributed by atoms with Crippen LogP contribution in [0.1, 0.15) is 27.2 Å². The van der Waals surface area contributed by atoms with Gasteiger partial charge in [-0.15, -0.1) is 0 Å². The standard InChI is InChI=1S/C8H17NO.C5H11NO2.C3H6O2/c1-7(2)6-10-8(3)9(4)5;1-6(2,3)4-5(7)8;1-2-3(4)5/h8H,1,6H2,2-5H3;4H2,1-3H3;2H2,1H3,(H,4,5). The molecule has 0 heterocycles.